The molecule has 1 aliphatic rings. The second-order valence-electron chi connectivity index (χ2n) is 5.76. The summed E-state index contributed by atoms with van der Waals surface area (Å²) >= 11 is 1.60. The van der Waals surface area contributed by atoms with Crippen molar-refractivity contribution in [2.24, 2.45) is 0 Å². The first-order valence-electron chi connectivity index (χ1n) is 7.81. The fourth-order valence-electron chi connectivity index (χ4n) is 2.99. The van der Waals surface area contributed by atoms with Gasteiger partial charge in [0, 0.05) is 44.0 Å². The summed E-state index contributed by atoms with van der Waals surface area (Å²) in [6.07, 6.45) is 0.809. The van der Waals surface area contributed by atoms with Crippen LogP contribution in [0.5, 0.6) is 0 Å². The van der Waals surface area contributed by atoms with Gasteiger partial charge in [-0.15, -0.1) is 11.3 Å². The van der Waals surface area contributed by atoms with Crippen LogP contribution in [0.2, 0.25) is 0 Å². The molecule has 4 nitrogen and oxygen atoms in total. The first-order chi connectivity index (χ1) is 10.7. The number of benzene rings is 1. The van der Waals surface area contributed by atoms with Crippen molar-refractivity contribution in [2.45, 2.75) is 13.3 Å². The topological polar surface area (TPSA) is 43.8 Å². The van der Waals surface area contributed by atoms with Gasteiger partial charge in [0.25, 0.3) is 5.91 Å². The Kier molecular flexibility index (Phi) is 4.76. The van der Waals surface area contributed by atoms with E-state index in [1.54, 1.807) is 11.3 Å². The van der Waals surface area contributed by atoms with Crippen LogP contribution < -0.4 is 0 Å². The largest absolute Gasteiger partial charge is 0.396 e. The molecule has 0 unspecified atom stereocenters. The van der Waals surface area contributed by atoms with Crippen molar-refractivity contribution in [3.05, 3.63) is 34.7 Å². The smallest absolute Gasteiger partial charge is 0.264 e. The maximum Gasteiger partial charge on any atom is 0.264 e. The lowest BCUT2D eigenvalue weighted by Crippen LogP contribution is -2.48. The van der Waals surface area contributed by atoms with Crippen LogP contribution in [0, 0.1) is 6.92 Å². The number of thiophene rings is 1. The van der Waals surface area contributed by atoms with Crippen LogP contribution in [-0.4, -0.2) is 60.1 Å². The van der Waals surface area contributed by atoms with Gasteiger partial charge in [0.05, 0.1) is 4.88 Å². The molecule has 22 heavy (non-hydrogen) atoms. The molecule has 118 valence electrons. The van der Waals surface area contributed by atoms with Gasteiger partial charge in [-0.25, -0.2) is 0 Å². The molecule has 0 atom stereocenters. The highest BCUT2D eigenvalue weighted by Gasteiger charge is 2.24. The van der Waals surface area contributed by atoms with Crippen molar-refractivity contribution >= 4 is 27.3 Å². The van der Waals surface area contributed by atoms with Crippen LogP contribution in [-0.2, 0) is 0 Å². The quantitative estimate of drug-likeness (QED) is 0.941. The number of aliphatic hydroxyl groups is 1. The summed E-state index contributed by atoms with van der Waals surface area (Å²) in [5.74, 6) is 0.167. The lowest BCUT2D eigenvalue weighted by molar-refractivity contribution is 0.0633. The zero-order valence-electron chi connectivity index (χ0n) is 12.9. The summed E-state index contributed by atoms with van der Waals surface area (Å²) in [6, 6.07) is 8.21. The van der Waals surface area contributed by atoms with E-state index >= 15 is 0 Å². The van der Waals surface area contributed by atoms with Gasteiger partial charge in [-0.2, -0.15) is 0 Å². The van der Waals surface area contributed by atoms with E-state index in [-0.39, 0.29) is 12.5 Å². The molecule has 0 spiro atoms. The van der Waals surface area contributed by atoms with Gasteiger partial charge in [0.1, 0.15) is 0 Å². The number of piperazine rings is 1. The molecule has 1 saturated heterocycles. The van der Waals surface area contributed by atoms with Gasteiger partial charge in [-0.05, 0) is 30.4 Å². The second kappa shape index (κ2) is 6.77. The lowest BCUT2D eigenvalue weighted by Gasteiger charge is -2.34. The number of hydrogen-bond donors (Lipinski definition) is 1. The summed E-state index contributed by atoms with van der Waals surface area (Å²) in [7, 11) is 0. The number of nitrogens with zero attached hydrogens (tertiary/aromatic N) is 2. The van der Waals surface area contributed by atoms with E-state index in [4.69, 9.17) is 5.11 Å². The Balaban J connectivity index is 1.70. The molecule has 1 amide bonds. The van der Waals surface area contributed by atoms with E-state index < -0.39 is 0 Å². The summed E-state index contributed by atoms with van der Waals surface area (Å²) < 4.78 is 1.19. The fraction of sp³-hybridized carbons (Fsp3) is 0.471. The van der Waals surface area contributed by atoms with Gasteiger partial charge < -0.3 is 10.0 Å². The SMILES string of the molecule is Cc1c(C(=O)N2CCN(CCCO)CC2)sc2ccccc12. The van der Waals surface area contributed by atoms with E-state index in [0.29, 0.717) is 0 Å². The molecule has 5 heteroatoms. The number of amides is 1. The summed E-state index contributed by atoms with van der Waals surface area (Å²) in [6.45, 7) is 6.55. The minimum atomic E-state index is 0.167. The number of carbonyl (C=O) groups is 1. The average Bonchev–Trinajstić information content (AvgIpc) is 2.90. The Morgan fingerprint density at radius 1 is 1.23 bits per heavy atom. The summed E-state index contributed by atoms with van der Waals surface area (Å²) in [4.78, 5) is 18.0. The highest BCUT2D eigenvalue weighted by atomic mass is 32.1. The molecule has 2 heterocycles. The minimum absolute atomic E-state index is 0.167. The first-order valence-corrected chi connectivity index (χ1v) is 8.63. The standard InChI is InChI=1S/C17H22N2O2S/c1-13-14-5-2-3-6-15(14)22-16(13)17(21)19-10-8-18(9-11-19)7-4-12-20/h2-3,5-6,20H,4,7-12H2,1H3. The fourth-order valence-corrected chi connectivity index (χ4v) is 4.17. The zero-order valence-corrected chi connectivity index (χ0v) is 13.7. The third kappa shape index (κ3) is 3.02. The van der Waals surface area contributed by atoms with Crippen molar-refractivity contribution in [3.63, 3.8) is 0 Å². The maximum atomic E-state index is 12.8. The first kappa shape index (κ1) is 15.5. The van der Waals surface area contributed by atoms with Gasteiger partial charge in [-0.3, -0.25) is 9.69 Å². The van der Waals surface area contributed by atoms with E-state index in [1.165, 1.54) is 10.1 Å². The van der Waals surface area contributed by atoms with Crippen LogP contribution in [0.25, 0.3) is 10.1 Å². The van der Waals surface area contributed by atoms with Gasteiger partial charge in [0.15, 0.2) is 0 Å². The molecular formula is C17H22N2O2S. The predicted molar refractivity (Wildman–Crippen MR) is 90.6 cm³/mol. The van der Waals surface area contributed by atoms with E-state index in [9.17, 15) is 4.79 Å². The average molecular weight is 318 g/mol. The number of hydrogen-bond acceptors (Lipinski definition) is 4. The Bertz CT molecular complexity index is 660. The lowest BCUT2D eigenvalue weighted by atomic mass is 10.1. The predicted octanol–water partition coefficient (Wildman–Crippen LogP) is 2.35. The summed E-state index contributed by atoms with van der Waals surface area (Å²) in [5, 5.41) is 10.1. The zero-order chi connectivity index (χ0) is 15.5. The normalized spacial score (nSPS) is 16.4. The van der Waals surface area contributed by atoms with Crippen molar-refractivity contribution in [1.29, 1.82) is 0 Å². The molecular weight excluding hydrogens is 296 g/mol. The van der Waals surface area contributed by atoms with E-state index in [1.807, 2.05) is 24.0 Å². The van der Waals surface area contributed by atoms with Crippen LogP contribution in [0.3, 0.4) is 0 Å². The van der Waals surface area contributed by atoms with E-state index in [0.717, 1.165) is 49.6 Å². The molecule has 1 fully saturated rings. The van der Waals surface area contributed by atoms with Crippen molar-refractivity contribution in [2.75, 3.05) is 39.3 Å². The summed E-state index contributed by atoms with van der Waals surface area (Å²) in [5.41, 5.74) is 1.10. The Labute approximate surface area is 135 Å². The molecule has 0 bridgehead atoms. The van der Waals surface area contributed by atoms with Crippen molar-refractivity contribution < 1.29 is 9.90 Å². The number of aryl methyl sites for hydroxylation is 1. The molecule has 3 rings (SSSR count). The highest BCUT2D eigenvalue weighted by molar-refractivity contribution is 7.21. The molecule has 1 aromatic carbocycles. The third-order valence-electron chi connectivity index (χ3n) is 4.33. The van der Waals surface area contributed by atoms with Crippen LogP contribution in [0.1, 0.15) is 21.7 Å². The number of rotatable bonds is 4. The Hall–Kier alpha value is -1.43. The van der Waals surface area contributed by atoms with Crippen molar-refractivity contribution in [3.8, 4) is 0 Å². The highest BCUT2D eigenvalue weighted by Crippen LogP contribution is 2.31. The molecule has 1 aromatic heterocycles. The van der Waals surface area contributed by atoms with Crippen LogP contribution >= 0.6 is 11.3 Å². The van der Waals surface area contributed by atoms with Gasteiger partial charge in [0.2, 0.25) is 0 Å². The maximum absolute atomic E-state index is 12.8. The van der Waals surface area contributed by atoms with Gasteiger partial charge >= 0.3 is 0 Å². The Morgan fingerprint density at radius 3 is 2.64 bits per heavy atom. The molecule has 0 aliphatic carbocycles. The number of fused-ring (bicyclic) bond motifs is 1. The monoisotopic (exact) mass is 318 g/mol. The van der Waals surface area contributed by atoms with Crippen molar-refractivity contribution in [1.82, 2.24) is 9.80 Å². The van der Waals surface area contributed by atoms with Crippen LogP contribution in [0.15, 0.2) is 24.3 Å². The van der Waals surface area contributed by atoms with Gasteiger partial charge in [-0.1, -0.05) is 18.2 Å². The molecule has 1 aliphatic heterocycles. The number of carbonyl (C=O) groups excluding carboxylic acids is 1. The second-order valence-corrected chi connectivity index (χ2v) is 6.82. The van der Waals surface area contributed by atoms with Crippen LogP contribution in [0.4, 0.5) is 0 Å². The minimum Gasteiger partial charge on any atom is -0.396 e. The Morgan fingerprint density at radius 2 is 1.95 bits per heavy atom. The molecule has 0 radical (unpaired) electrons. The third-order valence-corrected chi connectivity index (χ3v) is 5.59. The molecule has 1 N–H and O–H groups in total. The number of aliphatic hydroxyl groups excluding tert-OH is 1. The molecule has 2 aromatic rings. The van der Waals surface area contributed by atoms with E-state index in [2.05, 4.69) is 17.0 Å². The molecule has 0 saturated carbocycles.